The molecule has 1 aliphatic rings. The highest BCUT2D eigenvalue weighted by Gasteiger charge is 2.36. The lowest BCUT2D eigenvalue weighted by Gasteiger charge is -2.29. The minimum absolute atomic E-state index is 0.241. The summed E-state index contributed by atoms with van der Waals surface area (Å²) in [6.07, 6.45) is 0. The lowest BCUT2D eigenvalue weighted by molar-refractivity contribution is 0.243. The molecule has 1 aliphatic heterocycles. The van der Waals surface area contributed by atoms with Crippen LogP contribution in [-0.2, 0) is 0 Å². The number of hydrogen-bond acceptors (Lipinski definition) is 6. The Bertz CT molecular complexity index is 982. The van der Waals surface area contributed by atoms with Crippen molar-refractivity contribution < 1.29 is 18.8 Å². The van der Waals surface area contributed by atoms with Crippen LogP contribution in [-0.4, -0.2) is 32.5 Å². The lowest BCUT2D eigenvalue weighted by Crippen LogP contribution is -2.44. The van der Waals surface area contributed by atoms with Gasteiger partial charge in [-0.15, -0.1) is 0 Å². The van der Waals surface area contributed by atoms with Crippen molar-refractivity contribution in [2.75, 3.05) is 31.5 Å². The Kier molecular flexibility index (Phi) is 4.52. The van der Waals surface area contributed by atoms with Crippen LogP contribution in [0.25, 0.3) is 0 Å². The second-order valence-corrected chi connectivity index (χ2v) is 6.31. The third-order valence-corrected chi connectivity index (χ3v) is 4.67. The van der Waals surface area contributed by atoms with E-state index in [-0.39, 0.29) is 6.03 Å². The van der Waals surface area contributed by atoms with Crippen LogP contribution in [0.1, 0.15) is 17.3 Å². The molecule has 8 heteroatoms. The highest BCUT2D eigenvalue weighted by molar-refractivity contribution is 5.98. The maximum absolute atomic E-state index is 12.5. The van der Waals surface area contributed by atoms with Gasteiger partial charge in [-0.2, -0.15) is 0 Å². The number of carbonyl (C=O) groups is 1. The average Bonchev–Trinajstić information content (AvgIpc) is 3.15. The minimum Gasteiger partial charge on any atom is -0.497 e. The predicted molar refractivity (Wildman–Crippen MR) is 105 cm³/mol. The van der Waals surface area contributed by atoms with Crippen molar-refractivity contribution in [3.63, 3.8) is 0 Å². The van der Waals surface area contributed by atoms with Gasteiger partial charge in [0.25, 0.3) is 5.88 Å². The number of urea groups is 1. The van der Waals surface area contributed by atoms with Gasteiger partial charge in [-0.05, 0) is 42.0 Å². The number of fused-ring (bicyclic) bond motifs is 1. The number of aromatic nitrogens is 1. The van der Waals surface area contributed by atoms with Gasteiger partial charge in [0, 0.05) is 12.7 Å². The van der Waals surface area contributed by atoms with Gasteiger partial charge >= 0.3 is 6.03 Å². The Labute approximate surface area is 162 Å². The van der Waals surface area contributed by atoms with E-state index >= 15 is 0 Å². The van der Waals surface area contributed by atoms with Crippen LogP contribution in [0, 0.1) is 0 Å². The van der Waals surface area contributed by atoms with Crippen molar-refractivity contribution in [3.8, 4) is 11.5 Å². The SMILES string of the molecule is COc1ccc(Nc2onc3c2N(C)C(=O)NC3c2ccc(OC)cc2)cc1. The summed E-state index contributed by atoms with van der Waals surface area (Å²) in [4.78, 5) is 14.0. The minimum atomic E-state index is -0.417. The molecule has 0 aliphatic carbocycles. The normalized spacial score (nSPS) is 15.6. The number of benzene rings is 2. The monoisotopic (exact) mass is 380 g/mol. The molecule has 0 saturated carbocycles. The molecule has 4 rings (SSSR count). The number of amides is 2. The summed E-state index contributed by atoms with van der Waals surface area (Å²) in [7, 11) is 4.90. The zero-order chi connectivity index (χ0) is 19.7. The van der Waals surface area contributed by atoms with Crippen LogP contribution in [0.3, 0.4) is 0 Å². The second-order valence-electron chi connectivity index (χ2n) is 6.31. The standard InChI is InChI=1S/C20H20N4O4/c1-24-18-17(16(22-20(24)25)12-4-8-14(26-2)9-5-12)23-28-19(18)21-13-6-10-15(27-3)11-7-13/h4-11,16,21H,1-3H3,(H,22,25). The summed E-state index contributed by atoms with van der Waals surface area (Å²) in [5, 5.41) is 10.3. The lowest BCUT2D eigenvalue weighted by atomic mass is 10.0. The first-order valence-corrected chi connectivity index (χ1v) is 8.69. The summed E-state index contributed by atoms with van der Waals surface area (Å²) < 4.78 is 15.9. The summed E-state index contributed by atoms with van der Waals surface area (Å²) in [5.41, 5.74) is 2.90. The zero-order valence-electron chi connectivity index (χ0n) is 15.7. The maximum Gasteiger partial charge on any atom is 0.322 e. The molecule has 1 unspecified atom stereocenters. The van der Waals surface area contributed by atoms with Crippen molar-refractivity contribution in [2.45, 2.75) is 6.04 Å². The van der Waals surface area contributed by atoms with Gasteiger partial charge in [0.15, 0.2) is 0 Å². The molecular formula is C20H20N4O4. The molecule has 2 amide bonds. The summed E-state index contributed by atoms with van der Waals surface area (Å²) in [5.74, 6) is 1.89. The van der Waals surface area contributed by atoms with Gasteiger partial charge in [-0.25, -0.2) is 4.79 Å². The van der Waals surface area contributed by atoms with E-state index in [1.54, 1.807) is 21.3 Å². The van der Waals surface area contributed by atoms with Gasteiger partial charge in [-0.3, -0.25) is 4.90 Å². The molecule has 1 aromatic heterocycles. The molecule has 3 aromatic rings. The maximum atomic E-state index is 12.5. The zero-order valence-corrected chi connectivity index (χ0v) is 15.7. The molecule has 1 atom stereocenters. The average molecular weight is 380 g/mol. The van der Waals surface area contributed by atoms with Crippen LogP contribution in [0.2, 0.25) is 0 Å². The van der Waals surface area contributed by atoms with Crippen molar-refractivity contribution in [1.82, 2.24) is 10.5 Å². The molecule has 0 saturated heterocycles. The smallest absolute Gasteiger partial charge is 0.322 e. The van der Waals surface area contributed by atoms with Crippen molar-refractivity contribution >= 4 is 23.3 Å². The number of rotatable bonds is 5. The van der Waals surface area contributed by atoms with E-state index in [1.165, 1.54) is 4.90 Å². The van der Waals surface area contributed by atoms with E-state index in [9.17, 15) is 4.79 Å². The molecule has 28 heavy (non-hydrogen) atoms. The molecule has 2 heterocycles. The molecule has 0 bridgehead atoms. The van der Waals surface area contributed by atoms with Gasteiger partial charge in [0.1, 0.15) is 28.9 Å². The Morgan fingerprint density at radius 3 is 2.25 bits per heavy atom. The molecule has 2 N–H and O–H groups in total. The van der Waals surface area contributed by atoms with Crippen LogP contribution >= 0.6 is 0 Å². The van der Waals surface area contributed by atoms with E-state index in [0.29, 0.717) is 17.3 Å². The quantitative estimate of drug-likeness (QED) is 0.702. The fraction of sp³-hybridized carbons (Fsp3) is 0.200. The first-order chi connectivity index (χ1) is 13.6. The van der Waals surface area contributed by atoms with E-state index in [2.05, 4.69) is 15.8 Å². The third kappa shape index (κ3) is 3.09. The van der Waals surface area contributed by atoms with Crippen LogP contribution in [0.15, 0.2) is 53.1 Å². The van der Waals surface area contributed by atoms with Gasteiger partial charge in [-0.1, -0.05) is 17.3 Å². The fourth-order valence-corrected chi connectivity index (χ4v) is 3.13. The largest absolute Gasteiger partial charge is 0.497 e. The predicted octanol–water partition coefficient (Wildman–Crippen LogP) is 3.68. The first kappa shape index (κ1) is 17.7. The summed E-state index contributed by atoms with van der Waals surface area (Å²) in [6, 6.07) is 14.2. The van der Waals surface area contributed by atoms with Gasteiger partial charge < -0.3 is 24.6 Å². The third-order valence-electron chi connectivity index (χ3n) is 4.67. The van der Waals surface area contributed by atoms with Crippen LogP contribution < -0.4 is 25.0 Å². The van der Waals surface area contributed by atoms with Gasteiger partial charge in [0.2, 0.25) is 0 Å². The van der Waals surface area contributed by atoms with Crippen LogP contribution in [0.4, 0.5) is 22.1 Å². The molecule has 8 nitrogen and oxygen atoms in total. The van der Waals surface area contributed by atoms with E-state index in [0.717, 1.165) is 22.7 Å². The molecule has 0 radical (unpaired) electrons. The van der Waals surface area contributed by atoms with Gasteiger partial charge in [0.05, 0.1) is 14.2 Å². The summed E-state index contributed by atoms with van der Waals surface area (Å²) >= 11 is 0. The number of nitrogens with zero attached hydrogens (tertiary/aromatic N) is 2. The Morgan fingerprint density at radius 1 is 1.04 bits per heavy atom. The number of carbonyl (C=O) groups excluding carboxylic acids is 1. The molecule has 0 spiro atoms. The van der Waals surface area contributed by atoms with Crippen LogP contribution in [0.5, 0.6) is 11.5 Å². The Balaban J connectivity index is 1.68. The number of hydrogen-bond donors (Lipinski definition) is 2. The number of nitrogens with one attached hydrogen (secondary N) is 2. The topological polar surface area (TPSA) is 88.9 Å². The summed E-state index contributed by atoms with van der Waals surface area (Å²) in [6.45, 7) is 0. The second kappa shape index (κ2) is 7.15. The number of methoxy groups -OCH3 is 2. The van der Waals surface area contributed by atoms with E-state index in [4.69, 9.17) is 14.0 Å². The number of ether oxygens (including phenoxy) is 2. The molecular weight excluding hydrogens is 360 g/mol. The highest BCUT2D eigenvalue weighted by Crippen LogP contribution is 2.40. The Hall–Kier alpha value is -3.68. The highest BCUT2D eigenvalue weighted by atomic mass is 16.5. The molecule has 144 valence electrons. The van der Waals surface area contributed by atoms with E-state index < -0.39 is 6.04 Å². The first-order valence-electron chi connectivity index (χ1n) is 8.69. The van der Waals surface area contributed by atoms with Crippen molar-refractivity contribution in [3.05, 3.63) is 59.8 Å². The molecule has 0 fully saturated rings. The molecule has 2 aromatic carbocycles. The van der Waals surface area contributed by atoms with Crippen molar-refractivity contribution in [2.24, 2.45) is 0 Å². The Morgan fingerprint density at radius 2 is 1.64 bits per heavy atom. The van der Waals surface area contributed by atoms with Crippen molar-refractivity contribution in [1.29, 1.82) is 0 Å². The fourth-order valence-electron chi connectivity index (χ4n) is 3.13. The van der Waals surface area contributed by atoms with E-state index in [1.807, 2.05) is 48.5 Å². The number of anilines is 3.